The first-order chi connectivity index (χ1) is 16.2. The van der Waals surface area contributed by atoms with E-state index < -0.39 is 0 Å². The van der Waals surface area contributed by atoms with Crippen LogP contribution in [0.2, 0.25) is 5.02 Å². The number of fused-ring (bicyclic) bond motifs is 5. The Kier molecular flexibility index (Phi) is 4.82. The number of rotatable bonds is 5. The van der Waals surface area contributed by atoms with E-state index >= 15 is 0 Å². The molecule has 4 heterocycles. The number of hydrogen-bond donors (Lipinski definition) is 0. The number of imidazole rings is 1. The molecule has 9 heteroatoms. The van der Waals surface area contributed by atoms with Gasteiger partial charge < -0.3 is 13.8 Å². The summed E-state index contributed by atoms with van der Waals surface area (Å²) in [6.07, 6.45) is 1.80. The van der Waals surface area contributed by atoms with E-state index in [2.05, 4.69) is 24.9 Å². The molecule has 0 unspecified atom stereocenters. The van der Waals surface area contributed by atoms with Gasteiger partial charge in [0.2, 0.25) is 0 Å². The van der Waals surface area contributed by atoms with Crippen LogP contribution < -0.4 is 0 Å². The van der Waals surface area contributed by atoms with Crippen molar-refractivity contribution in [2.75, 3.05) is 0 Å². The predicted molar refractivity (Wildman–Crippen MR) is 122 cm³/mol. The molecule has 1 aliphatic heterocycles. The van der Waals surface area contributed by atoms with Gasteiger partial charge in [-0.05, 0) is 30.7 Å². The van der Waals surface area contributed by atoms with Crippen LogP contribution in [-0.2, 0) is 24.5 Å². The van der Waals surface area contributed by atoms with E-state index in [4.69, 9.17) is 20.9 Å². The van der Waals surface area contributed by atoms with Crippen LogP contribution in [0.3, 0.4) is 0 Å². The Morgan fingerprint density at radius 3 is 2.76 bits per heavy atom. The highest BCUT2D eigenvalue weighted by molar-refractivity contribution is 6.31. The number of halogens is 1. The quantitative estimate of drug-likeness (QED) is 0.368. The first-order valence-electron chi connectivity index (χ1n) is 10.5. The summed E-state index contributed by atoms with van der Waals surface area (Å²) < 4.78 is 15.4. The minimum atomic E-state index is 0.324. The smallest absolute Gasteiger partial charge is 0.166 e. The van der Waals surface area contributed by atoms with Crippen LogP contribution in [-0.4, -0.2) is 29.5 Å². The molecule has 8 nitrogen and oxygen atoms in total. The van der Waals surface area contributed by atoms with Gasteiger partial charge in [0.05, 0.1) is 24.5 Å². The topological polar surface area (TPSA) is 83.8 Å². The monoisotopic (exact) mass is 458 g/mol. The second-order valence-electron chi connectivity index (χ2n) is 7.90. The Balaban J connectivity index is 1.42. The second kappa shape index (κ2) is 7.99. The van der Waals surface area contributed by atoms with Crippen molar-refractivity contribution in [1.82, 2.24) is 29.5 Å². The van der Waals surface area contributed by atoms with Crippen LogP contribution in [0.5, 0.6) is 0 Å². The lowest BCUT2D eigenvalue weighted by Gasteiger charge is -2.09. The van der Waals surface area contributed by atoms with Gasteiger partial charge in [-0.25, -0.2) is 4.98 Å². The van der Waals surface area contributed by atoms with Gasteiger partial charge >= 0.3 is 0 Å². The molecule has 0 atom stereocenters. The lowest BCUT2D eigenvalue weighted by molar-refractivity contribution is 0.0994. The van der Waals surface area contributed by atoms with Crippen molar-refractivity contribution in [1.29, 1.82) is 0 Å². The van der Waals surface area contributed by atoms with Gasteiger partial charge in [0.1, 0.15) is 30.1 Å². The number of nitrogens with zero attached hydrogens (tertiary/aromatic N) is 6. The van der Waals surface area contributed by atoms with Crippen molar-refractivity contribution in [3.05, 3.63) is 88.8 Å². The Morgan fingerprint density at radius 2 is 1.94 bits per heavy atom. The number of ether oxygens (including phenoxy) is 1. The van der Waals surface area contributed by atoms with Crippen molar-refractivity contribution in [2.24, 2.45) is 0 Å². The molecule has 0 spiro atoms. The fraction of sp³-hybridized carbons (Fsp3) is 0.167. The van der Waals surface area contributed by atoms with E-state index in [1.807, 2.05) is 66.1 Å². The molecular weight excluding hydrogens is 440 g/mol. The average Bonchev–Trinajstić information content (AvgIpc) is 3.52. The molecule has 3 aromatic heterocycles. The molecule has 0 N–H and O–H groups in total. The van der Waals surface area contributed by atoms with E-state index in [1.165, 1.54) is 0 Å². The Labute approximate surface area is 194 Å². The third-order valence-electron chi connectivity index (χ3n) is 5.67. The highest BCUT2D eigenvalue weighted by Gasteiger charge is 2.27. The highest BCUT2D eigenvalue weighted by Crippen LogP contribution is 2.36. The van der Waals surface area contributed by atoms with Gasteiger partial charge in [-0.3, -0.25) is 4.57 Å². The van der Waals surface area contributed by atoms with Crippen LogP contribution in [0.25, 0.3) is 28.5 Å². The van der Waals surface area contributed by atoms with Gasteiger partial charge in [0.25, 0.3) is 0 Å². The summed E-state index contributed by atoms with van der Waals surface area (Å²) in [5.74, 6) is 2.19. The van der Waals surface area contributed by atoms with Crippen LogP contribution >= 0.6 is 11.6 Å². The van der Waals surface area contributed by atoms with Crippen LogP contribution in [0.1, 0.15) is 22.8 Å². The highest BCUT2D eigenvalue weighted by atomic mass is 35.5. The molecular formula is C24H19ClN6O2. The van der Waals surface area contributed by atoms with E-state index in [9.17, 15) is 0 Å². The van der Waals surface area contributed by atoms with Crippen molar-refractivity contribution in [2.45, 2.75) is 26.7 Å². The molecule has 2 aromatic carbocycles. The second-order valence-corrected chi connectivity index (χ2v) is 8.33. The molecule has 0 saturated carbocycles. The fourth-order valence-electron chi connectivity index (χ4n) is 4.11. The van der Waals surface area contributed by atoms with Gasteiger partial charge in [-0.1, -0.05) is 47.1 Å². The van der Waals surface area contributed by atoms with Crippen molar-refractivity contribution >= 4 is 11.6 Å². The number of aromatic nitrogens is 6. The van der Waals surface area contributed by atoms with E-state index in [0.29, 0.717) is 30.5 Å². The van der Waals surface area contributed by atoms with Crippen molar-refractivity contribution < 1.29 is 9.26 Å². The Morgan fingerprint density at radius 1 is 1.06 bits per heavy atom. The third kappa shape index (κ3) is 3.53. The van der Waals surface area contributed by atoms with Gasteiger partial charge in [-0.2, -0.15) is 0 Å². The SMILES string of the molecule is Cc1cc(-c2ncn3c2Cn2c(COCc4ccccc4)nnc2-c2cc(Cl)ccc2-3)no1. The molecule has 0 fully saturated rings. The maximum Gasteiger partial charge on any atom is 0.166 e. The maximum atomic E-state index is 6.36. The first-order valence-corrected chi connectivity index (χ1v) is 10.9. The fourth-order valence-corrected chi connectivity index (χ4v) is 4.29. The molecule has 0 aliphatic carbocycles. The molecule has 33 heavy (non-hydrogen) atoms. The number of hydrogen-bond acceptors (Lipinski definition) is 6. The Bertz CT molecular complexity index is 1450. The Hall–Kier alpha value is -3.75. The summed E-state index contributed by atoms with van der Waals surface area (Å²) in [4.78, 5) is 4.66. The summed E-state index contributed by atoms with van der Waals surface area (Å²) in [6.45, 7) is 3.18. The summed E-state index contributed by atoms with van der Waals surface area (Å²) >= 11 is 6.36. The molecule has 5 aromatic rings. The van der Waals surface area contributed by atoms with Gasteiger partial charge in [0, 0.05) is 16.7 Å². The molecule has 0 amide bonds. The molecule has 0 bridgehead atoms. The first kappa shape index (κ1) is 19.9. The largest absolute Gasteiger partial charge is 0.369 e. The minimum absolute atomic E-state index is 0.324. The zero-order valence-electron chi connectivity index (χ0n) is 17.8. The summed E-state index contributed by atoms with van der Waals surface area (Å²) in [5, 5.41) is 13.7. The summed E-state index contributed by atoms with van der Waals surface area (Å²) in [7, 11) is 0. The molecule has 1 aliphatic rings. The van der Waals surface area contributed by atoms with Crippen molar-refractivity contribution in [3.63, 3.8) is 0 Å². The van der Waals surface area contributed by atoms with E-state index in [1.54, 1.807) is 6.33 Å². The van der Waals surface area contributed by atoms with Crippen molar-refractivity contribution in [3.8, 4) is 28.5 Å². The van der Waals surface area contributed by atoms with E-state index in [-0.39, 0.29) is 0 Å². The summed E-state index contributed by atoms with van der Waals surface area (Å²) in [5.41, 5.74) is 5.31. The standard InChI is InChI=1S/C24H19ClN6O2/c1-15-9-19(29-33-15)23-21-11-30-22(13-32-12-16-5-3-2-4-6-16)27-28-24(30)18-10-17(25)7-8-20(18)31(21)14-26-23/h2-10,14H,11-13H2,1H3. The third-order valence-corrected chi connectivity index (χ3v) is 5.91. The zero-order valence-corrected chi connectivity index (χ0v) is 18.5. The number of aryl methyl sites for hydroxylation is 1. The maximum absolute atomic E-state index is 6.36. The summed E-state index contributed by atoms with van der Waals surface area (Å²) in [6, 6.07) is 17.7. The zero-order chi connectivity index (χ0) is 22.4. The molecule has 0 saturated heterocycles. The van der Waals surface area contributed by atoms with Crippen LogP contribution in [0.4, 0.5) is 0 Å². The van der Waals surface area contributed by atoms with Gasteiger partial charge in [-0.15, -0.1) is 10.2 Å². The van der Waals surface area contributed by atoms with Crippen LogP contribution in [0, 0.1) is 6.92 Å². The van der Waals surface area contributed by atoms with E-state index in [0.717, 1.165) is 45.6 Å². The lowest BCUT2D eigenvalue weighted by atomic mass is 10.1. The minimum Gasteiger partial charge on any atom is -0.369 e. The molecule has 6 rings (SSSR count). The normalized spacial score (nSPS) is 12.2. The lowest BCUT2D eigenvalue weighted by Crippen LogP contribution is -2.09. The average molecular weight is 459 g/mol. The molecule has 164 valence electrons. The molecule has 0 radical (unpaired) electrons. The van der Waals surface area contributed by atoms with Crippen LogP contribution in [0.15, 0.2) is 65.4 Å². The predicted octanol–water partition coefficient (Wildman–Crippen LogP) is 4.83. The number of benzene rings is 2. The van der Waals surface area contributed by atoms with Gasteiger partial charge in [0.15, 0.2) is 11.6 Å².